The number of carbonyl (C=O) groups excluding carboxylic acids is 2. The van der Waals surface area contributed by atoms with E-state index in [9.17, 15) is 19.7 Å². The smallest absolute Gasteiger partial charge is 0.269 e. The highest BCUT2D eigenvalue weighted by Crippen LogP contribution is 2.40. The van der Waals surface area contributed by atoms with Crippen LogP contribution >= 0.6 is 0 Å². The van der Waals surface area contributed by atoms with Gasteiger partial charge in [0.2, 0.25) is 0 Å². The number of non-ortho nitro benzene ring substituents is 1. The number of amides is 1. The Balaban J connectivity index is 1.34. The molecule has 9 nitrogen and oxygen atoms in total. The molecule has 0 N–H and O–H groups in total. The number of methoxy groups -OCH3 is 1. The molecule has 1 fully saturated rings. The lowest BCUT2D eigenvalue weighted by atomic mass is 9.82. The van der Waals surface area contributed by atoms with Gasteiger partial charge in [-0.15, -0.1) is 0 Å². The number of likely N-dealkylation sites (tertiary alicyclic amines) is 1. The Morgan fingerprint density at radius 3 is 2.48 bits per heavy atom. The fraction of sp³-hybridized carbons (Fsp3) is 0.364. The van der Waals surface area contributed by atoms with Crippen LogP contribution in [0.1, 0.15) is 29.6 Å². The second-order valence-electron chi connectivity index (χ2n) is 7.67. The van der Waals surface area contributed by atoms with Crippen molar-refractivity contribution in [1.29, 1.82) is 0 Å². The van der Waals surface area contributed by atoms with E-state index < -0.39 is 10.5 Å². The molecule has 2 heterocycles. The number of ether oxygens (including phenoxy) is 3. The first-order valence-electron chi connectivity index (χ1n) is 9.94. The summed E-state index contributed by atoms with van der Waals surface area (Å²) in [7, 11) is 1.56. The number of fused-ring (bicyclic) bond motifs is 1. The van der Waals surface area contributed by atoms with Crippen LogP contribution in [-0.4, -0.2) is 53.9 Å². The summed E-state index contributed by atoms with van der Waals surface area (Å²) >= 11 is 0. The Morgan fingerprint density at radius 2 is 1.84 bits per heavy atom. The largest absolute Gasteiger partial charge is 0.497 e. The van der Waals surface area contributed by atoms with Crippen molar-refractivity contribution >= 4 is 17.4 Å². The number of rotatable bonds is 5. The van der Waals surface area contributed by atoms with Crippen LogP contribution < -0.4 is 14.2 Å². The normalized spacial score (nSPS) is 16.9. The molecule has 0 unspecified atom stereocenters. The minimum absolute atomic E-state index is 0.0326. The van der Waals surface area contributed by atoms with E-state index >= 15 is 0 Å². The molecule has 1 spiro atoms. The van der Waals surface area contributed by atoms with Crippen molar-refractivity contribution in [1.82, 2.24) is 4.90 Å². The van der Waals surface area contributed by atoms with Crippen molar-refractivity contribution in [3.8, 4) is 17.2 Å². The Kier molecular flexibility index (Phi) is 5.50. The van der Waals surface area contributed by atoms with Gasteiger partial charge in [-0.2, -0.15) is 0 Å². The minimum atomic E-state index is -0.619. The van der Waals surface area contributed by atoms with E-state index in [1.165, 1.54) is 24.3 Å². The zero-order valence-electron chi connectivity index (χ0n) is 17.0. The topological polar surface area (TPSA) is 108 Å². The van der Waals surface area contributed by atoms with Crippen molar-refractivity contribution < 1.29 is 28.7 Å². The van der Waals surface area contributed by atoms with Gasteiger partial charge in [-0.25, -0.2) is 0 Å². The summed E-state index contributed by atoms with van der Waals surface area (Å²) in [6.45, 7) is 0.745. The predicted octanol–water partition coefficient (Wildman–Crippen LogP) is 3.01. The van der Waals surface area contributed by atoms with Crippen molar-refractivity contribution in [3.63, 3.8) is 0 Å². The quantitative estimate of drug-likeness (QED) is 0.534. The third-order valence-electron chi connectivity index (χ3n) is 5.74. The zero-order valence-corrected chi connectivity index (χ0v) is 17.0. The number of benzene rings is 2. The molecule has 1 saturated heterocycles. The molecular formula is C22H22N2O7. The highest BCUT2D eigenvalue weighted by Gasteiger charge is 2.43. The molecule has 31 heavy (non-hydrogen) atoms. The minimum Gasteiger partial charge on any atom is -0.497 e. The van der Waals surface area contributed by atoms with Crippen LogP contribution in [0.3, 0.4) is 0 Å². The second kappa shape index (κ2) is 8.25. The number of nitro groups is 1. The SMILES string of the molecule is COc1ccc2c(c1)OC1(CCN(C(=O)COc3ccc([N+](=O)[O-])cc3)CC1)CC2=O. The number of nitrogens with zero attached hydrogens (tertiary/aromatic N) is 2. The van der Waals surface area contributed by atoms with Gasteiger partial charge in [-0.1, -0.05) is 0 Å². The van der Waals surface area contributed by atoms with E-state index in [-0.39, 0.29) is 30.4 Å². The first-order valence-corrected chi connectivity index (χ1v) is 9.94. The lowest BCUT2D eigenvalue weighted by Gasteiger charge is -2.43. The lowest BCUT2D eigenvalue weighted by molar-refractivity contribution is -0.384. The molecular weight excluding hydrogens is 404 g/mol. The number of carbonyl (C=O) groups is 2. The van der Waals surface area contributed by atoms with E-state index in [0.29, 0.717) is 48.7 Å². The zero-order chi connectivity index (χ0) is 22.0. The highest BCUT2D eigenvalue weighted by molar-refractivity contribution is 6.00. The van der Waals surface area contributed by atoms with Gasteiger partial charge in [0.05, 0.1) is 24.0 Å². The van der Waals surface area contributed by atoms with Gasteiger partial charge >= 0.3 is 0 Å². The first-order chi connectivity index (χ1) is 14.9. The molecule has 0 radical (unpaired) electrons. The predicted molar refractivity (Wildman–Crippen MR) is 110 cm³/mol. The molecule has 2 aromatic rings. The number of nitro benzene ring substituents is 1. The molecule has 0 atom stereocenters. The molecule has 0 bridgehead atoms. The summed E-state index contributed by atoms with van der Waals surface area (Å²) in [5, 5.41) is 10.7. The maximum absolute atomic E-state index is 12.6. The van der Waals surface area contributed by atoms with E-state index in [4.69, 9.17) is 14.2 Å². The van der Waals surface area contributed by atoms with Crippen molar-refractivity contribution in [3.05, 3.63) is 58.1 Å². The van der Waals surface area contributed by atoms with Crippen LogP contribution in [0, 0.1) is 10.1 Å². The van der Waals surface area contributed by atoms with Crippen molar-refractivity contribution in [2.24, 2.45) is 0 Å². The van der Waals surface area contributed by atoms with Gasteiger partial charge < -0.3 is 19.1 Å². The number of hydrogen-bond donors (Lipinski definition) is 0. The van der Waals surface area contributed by atoms with Gasteiger partial charge in [-0.3, -0.25) is 19.7 Å². The van der Waals surface area contributed by atoms with Crippen molar-refractivity contribution in [2.45, 2.75) is 24.9 Å². The van der Waals surface area contributed by atoms with Gasteiger partial charge in [0, 0.05) is 44.1 Å². The van der Waals surface area contributed by atoms with E-state index in [2.05, 4.69) is 0 Å². The van der Waals surface area contributed by atoms with Gasteiger partial charge in [0.15, 0.2) is 12.4 Å². The summed E-state index contributed by atoms with van der Waals surface area (Å²) in [6.07, 6.45) is 1.37. The summed E-state index contributed by atoms with van der Waals surface area (Å²) < 4.78 is 16.9. The third-order valence-corrected chi connectivity index (χ3v) is 5.74. The first kappa shape index (κ1) is 20.6. The van der Waals surface area contributed by atoms with Gasteiger partial charge in [-0.05, 0) is 24.3 Å². The maximum atomic E-state index is 12.6. The standard InChI is InChI=1S/C22H22N2O7/c1-29-17-6-7-18-19(25)13-22(31-20(18)12-17)8-10-23(11-9-22)21(26)14-30-16-4-2-15(3-5-16)24(27)28/h2-7,12H,8-11,13-14H2,1H3. The molecule has 0 aliphatic carbocycles. The summed E-state index contributed by atoms with van der Waals surface area (Å²) in [6, 6.07) is 10.8. The van der Waals surface area contributed by atoms with Crippen molar-refractivity contribution in [2.75, 3.05) is 26.8 Å². The summed E-state index contributed by atoms with van der Waals surface area (Å²) in [5.74, 6) is 1.39. The van der Waals surface area contributed by atoms with Crippen LogP contribution in [0.5, 0.6) is 17.2 Å². The number of hydrogen-bond acceptors (Lipinski definition) is 7. The van der Waals surface area contributed by atoms with Crippen LogP contribution in [0.25, 0.3) is 0 Å². The van der Waals surface area contributed by atoms with E-state index in [1.807, 2.05) is 0 Å². The summed E-state index contributed by atoms with van der Waals surface area (Å²) in [4.78, 5) is 37.1. The van der Waals surface area contributed by atoms with E-state index in [1.54, 1.807) is 30.2 Å². The second-order valence-corrected chi connectivity index (χ2v) is 7.67. The Bertz CT molecular complexity index is 1010. The molecule has 4 rings (SSSR count). The lowest BCUT2D eigenvalue weighted by Crippen LogP contribution is -2.53. The highest BCUT2D eigenvalue weighted by atomic mass is 16.6. The van der Waals surface area contributed by atoms with Crippen LogP contribution in [0.15, 0.2) is 42.5 Å². The molecule has 162 valence electrons. The third kappa shape index (κ3) is 4.30. The molecule has 0 aromatic heterocycles. The average molecular weight is 426 g/mol. The molecule has 2 aliphatic heterocycles. The molecule has 2 aromatic carbocycles. The Hall–Kier alpha value is -3.62. The fourth-order valence-corrected chi connectivity index (χ4v) is 3.94. The van der Waals surface area contributed by atoms with Crippen LogP contribution in [0.4, 0.5) is 5.69 Å². The molecule has 0 saturated carbocycles. The van der Waals surface area contributed by atoms with E-state index in [0.717, 1.165) is 0 Å². The number of Topliss-reactive ketones (excluding diaryl/α,β-unsaturated/α-hetero) is 1. The monoisotopic (exact) mass is 426 g/mol. The number of ketones is 1. The van der Waals surface area contributed by atoms with Gasteiger partial charge in [0.25, 0.3) is 11.6 Å². The van der Waals surface area contributed by atoms with Crippen LogP contribution in [0.2, 0.25) is 0 Å². The Labute approximate surface area is 178 Å². The molecule has 2 aliphatic rings. The molecule has 1 amide bonds. The molecule has 9 heteroatoms. The Morgan fingerprint density at radius 1 is 1.16 bits per heavy atom. The van der Waals surface area contributed by atoms with Crippen LogP contribution in [-0.2, 0) is 4.79 Å². The summed E-state index contributed by atoms with van der Waals surface area (Å²) in [5.41, 5.74) is -0.102. The number of piperidine rings is 1. The van der Waals surface area contributed by atoms with Gasteiger partial charge in [0.1, 0.15) is 22.8 Å². The maximum Gasteiger partial charge on any atom is 0.269 e. The fourth-order valence-electron chi connectivity index (χ4n) is 3.94. The average Bonchev–Trinajstić information content (AvgIpc) is 2.77.